The fourth-order valence-electron chi connectivity index (χ4n) is 1.91. The molecule has 3 nitrogen and oxygen atoms in total. The fraction of sp³-hybridized carbons (Fsp3) is 0.938. The molecule has 114 valence electrons. The summed E-state index contributed by atoms with van der Waals surface area (Å²) in [6.07, 6.45) is 0.824. The van der Waals surface area contributed by atoms with E-state index in [1.54, 1.807) is 0 Å². The van der Waals surface area contributed by atoms with Crippen LogP contribution in [0.1, 0.15) is 68.7 Å². The van der Waals surface area contributed by atoms with E-state index in [9.17, 15) is 4.79 Å². The molecule has 0 saturated carbocycles. The average Bonchev–Trinajstić information content (AvgIpc) is 2.09. The van der Waals surface area contributed by atoms with Crippen molar-refractivity contribution in [2.75, 3.05) is 6.54 Å². The summed E-state index contributed by atoms with van der Waals surface area (Å²) in [4.78, 5) is 12.5. The summed E-state index contributed by atoms with van der Waals surface area (Å²) in [6, 6.07) is -0.0881. The molecule has 0 radical (unpaired) electrons. The lowest BCUT2D eigenvalue weighted by Crippen LogP contribution is -2.52. The Kier molecular flexibility index (Phi) is 6.22. The summed E-state index contributed by atoms with van der Waals surface area (Å²) in [7, 11) is 0. The summed E-state index contributed by atoms with van der Waals surface area (Å²) in [5.74, 6) is 0.290. The molecule has 0 aliphatic carbocycles. The van der Waals surface area contributed by atoms with Gasteiger partial charge in [-0.3, -0.25) is 4.79 Å². The van der Waals surface area contributed by atoms with Gasteiger partial charge >= 0.3 is 0 Å². The van der Waals surface area contributed by atoms with Crippen LogP contribution in [-0.2, 0) is 4.79 Å². The third-order valence-corrected chi connectivity index (χ3v) is 2.75. The number of ketones is 1. The Bertz CT molecular complexity index is 289. The highest BCUT2D eigenvalue weighted by atomic mass is 16.1. The maximum Gasteiger partial charge on any atom is 0.155 e. The number of carbonyl (C=O) groups is 1. The summed E-state index contributed by atoms with van der Waals surface area (Å²) >= 11 is 0. The van der Waals surface area contributed by atoms with Crippen LogP contribution in [0.3, 0.4) is 0 Å². The minimum absolute atomic E-state index is 0.0483. The zero-order chi connectivity index (χ0) is 15.5. The van der Waals surface area contributed by atoms with Crippen LogP contribution in [0.15, 0.2) is 0 Å². The molecule has 3 heteroatoms. The van der Waals surface area contributed by atoms with Gasteiger partial charge in [-0.25, -0.2) is 0 Å². The maximum atomic E-state index is 12.5. The molecule has 0 amide bonds. The van der Waals surface area contributed by atoms with Crippen molar-refractivity contribution in [1.29, 1.82) is 0 Å². The van der Waals surface area contributed by atoms with E-state index in [0.29, 0.717) is 0 Å². The highest BCUT2D eigenvalue weighted by Gasteiger charge is 2.31. The van der Waals surface area contributed by atoms with Gasteiger partial charge < -0.3 is 10.6 Å². The van der Waals surface area contributed by atoms with Crippen LogP contribution in [0.5, 0.6) is 0 Å². The average molecular weight is 270 g/mol. The molecule has 2 N–H and O–H groups in total. The van der Waals surface area contributed by atoms with E-state index >= 15 is 0 Å². The Hall–Kier alpha value is -0.410. The number of rotatable bonds is 5. The van der Waals surface area contributed by atoms with Crippen LogP contribution >= 0.6 is 0 Å². The van der Waals surface area contributed by atoms with Gasteiger partial charge in [0.05, 0.1) is 6.04 Å². The topological polar surface area (TPSA) is 41.1 Å². The lowest BCUT2D eigenvalue weighted by molar-refractivity contribution is -0.129. The Balaban J connectivity index is 4.66. The molecular formula is C16H34N2O. The normalized spacial score (nSPS) is 15.4. The summed E-state index contributed by atoms with van der Waals surface area (Å²) in [5.41, 5.74) is -0.255. The molecule has 0 rings (SSSR count). The third-order valence-electron chi connectivity index (χ3n) is 2.75. The van der Waals surface area contributed by atoms with Crippen molar-refractivity contribution in [1.82, 2.24) is 10.6 Å². The second-order valence-electron chi connectivity index (χ2n) is 8.53. The Morgan fingerprint density at radius 1 is 0.895 bits per heavy atom. The smallest absolute Gasteiger partial charge is 0.155 e. The van der Waals surface area contributed by atoms with Gasteiger partial charge in [-0.2, -0.15) is 0 Å². The highest BCUT2D eigenvalue weighted by molar-refractivity contribution is 5.88. The van der Waals surface area contributed by atoms with Crippen molar-refractivity contribution >= 4 is 5.78 Å². The lowest BCUT2D eigenvalue weighted by Gasteiger charge is -2.32. The van der Waals surface area contributed by atoms with Crippen LogP contribution < -0.4 is 10.6 Å². The van der Waals surface area contributed by atoms with Gasteiger partial charge in [-0.1, -0.05) is 20.8 Å². The van der Waals surface area contributed by atoms with E-state index in [1.807, 2.05) is 20.8 Å². The first-order valence-corrected chi connectivity index (χ1v) is 7.29. The molecule has 0 heterocycles. The van der Waals surface area contributed by atoms with Gasteiger partial charge in [0.15, 0.2) is 5.78 Å². The Morgan fingerprint density at radius 3 is 1.68 bits per heavy atom. The van der Waals surface area contributed by atoms with E-state index in [1.165, 1.54) is 0 Å². The van der Waals surface area contributed by atoms with Crippen LogP contribution in [0.2, 0.25) is 0 Å². The monoisotopic (exact) mass is 270 g/mol. The molecule has 0 aliphatic rings. The second kappa shape index (κ2) is 6.36. The van der Waals surface area contributed by atoms with E-state index in [4.69, 9.17) is 0 Å². The number of hydrogen-bond acceptors (Lipinski definition) is 3. The minimum atomic E-state index is -0.301. The Labute approximate surface area is 119 Å². The third kappa shape index (κ3) is 9.17. The SMILES string of the molecule is CC(C)(C)NCCC(NC(C)(C)C)C(=O)C(C)(C)C. The predicted molar refractivity (Wildman–Crippen MR) is 83.5 cm³/mol. The molecule has 0 saturated heterocycles. The molecule has 0 aromatic rings. The summed E-state index contributed by atoms with van der Waals surface area (Å²) in [6.45, 7) is 19.6. The van der Waals surface area contributed by atoms with Crippen molar-refractivity contribution < 1.29 is 4.79 Å². The first-order chi connectivity index (χ1) is 8.22. The van der Waals surface area contributed by atoms with Gasteiger partial charge in [0, 0.05) is 16.5 Å². The fourth-order valence-corrected chi connectivity index (χ4v) is 1.91. The largest absolute Gasteiger partial charge is 0.312 e. The van der Waals surface area contributed by atoms with Crippen molar-refractivity contribution in [2.45, 2.75) is 85.9 Å². The molecule has 0 fully saturated rings. The zero-order valence-corrected chi connectivity index (χ0v) is 14.4. The van der Waals surface area contributed by atoms with Crippen LogP contribution in [0.4, 0.5) is 0 Å². The summed E-state index contributed by atoms with van der Waals surface area (Å²) in [5, 5.41) is 6.91. The van der Waals surface area contributed by atoms with Gasteiger partial charge in [0.25, 0.3) is 0 Å². The van der Waals surface area contributed by atoms with E-state index in [-0.39, 0.29) is 28.3 Å². The van der Waals surface area contributed by atoms with Gasteiger partial charge in [0.2, 0.25) is 0 Å². The van der Waals surface area contributed by atoms with Crippen molar-refractivity contribution in [2.24, 2.45) is 5.41 Å². The van der Waals surface area contributed by atoms with Gasteiger partial charge in [-0.05, 0) is 54.5 Å². The molecule has 19 heavy (non-hydrogen) atoms. The quantitative estimate of drug-likeness (QED) is 0.806. The number of hydrogen-bond donors (Lipinski definition) is 2. The highest BCUT2D eigenvalue weighted by Crippen LogP contribution is 2.20. The van der Waals surface area contributed by atoms with Crippen LogP contribution in [-0.4, -0.2) is 29.4 Å². The Morgan fingerprint density at radius 2 is 1.37 bits per heavy atom. The van der Waals surface area contributed by atoms with Crippen LogP contribution in [0, 0.1) is 5.41 Å². The molecule has 0 aromatic carbocycles. The molecular weight excluding hydrogens is 236 g/mol. The lowest BCUT2D eigenvalue weighted by atomic mass is 9.84. The van der Waals surface area contributed by atoms with E-state index < -0.39 is 0 Å². The maximum absolute atomic E-state index is 12.5. The summed E-state index contributed by atoms with van der Waals surface area (Å²) < 4.78 is 0. The molecule has 0 aromatic heterocycles. The number of carbonyl (C=O) groups excluding carboxylic acids is 1. The molecule has 0 spiro atoms. The van der Waals surface area contributed by atoms with Crippen molar-refractivity contribution in [3.63, 3.8) is 0 Å². The van der Waals surface area contributed by atoms with Crippen molar-refractivity contribution in [3.8, 4) is 0 Å². The standard InChI is InChI=1S/C16H34N2O/c1-14(2,3)13(19)12(18-16(7,8)9)10-11-17-15(4,5)6/h12,17-18H,10-11H2,1-9H3. The number of nitrogens with one attached hydrogen (secondary N) is 2. The first kappa shape index (κ1) is 18.6. The van der Waals surface area contributed by atoms with E-state index in [2.05, 4.69) is 52.2 Å². The van der Waals surface area contributed by atoms with Gasteiger partial charge in [-0.15, -0.1) is 0 Å². The minimum Gasteiger partial charge on any atom is -0.312 e. The van der Waals surface area contributed by atoms with E-state index in [0.717, 1.165) is 13.0 Å². The molecule has 0 aliphatic heterocycles. The van der Waals surface area contributed by atoms with Crippen molar-refractivity contribution in [3.05, 3.63) is 0 Å². The second-order valence-corrected chi connectivity index (χ2v) is 8.53. The van der Waals surface area contributed by atoms with Crippen LogP contribution in [0.25, 0.3) is 0 Å². The number of Topliss-reactive ketones (excluding diaryl/α,β-unsaturated/α-hetero) is 1. The molecule has 1 atom stereocenters. The van der Waals surface area contributed by atoms with Gasteiger partial charge in [0.1, 0.15) is 0 Å². The predicted octanol–water partition coefficient (Wildman–Crippen LogP) is 3.14. The zero-order valence-electron chi connectivity index (χ0n) is 14.4. The molecule has 0 bridgehead atoms. The first-order valence-electron chi connectivity index (χ1n) is 7.29. The molecule has 1 unspecified atom stereocenters.